The first-order chi connectivity index (χ1) is 10.7. The summed E-state index contributed by atoms with van der Waals surface area (Å²) in [4.78, 5) is 22.4. The second kappa shape index (κ2) is 11.6. The Morgan fingerprint density at radius 1 is 0.870 bits per heavy atom. The molecule has 0 saturated carbocycles. The van der Waals surface area contributed by atoms with Crippen LogP contribution < -0.4 is 0 Å². The number of rotatable bonds is 12. The van der Waals surface area contributed by atoms with E-state index in [1.165, 1.54) is 0 Å². The SMILES string of the molecule is C=C(C)C(=O)OCCCSC(C)(C)SCCCOC(=O)C(=C)C. The van der Waals surface area contributed by atoms with Gasteiger partial charge in [-0.3, -0.25) is 0 Å². The van der Waals surface area contributed by atoms with Crippen LogP contribution in [0, 0.1) is 0 Å². The van der Waals surface area contributed by atoms with Gasteiger partial charge in [-0.15, -0.1) is 23.5 Å². The fourth-order valence-corrected chi connectivity index (χ4v) is 3.71. The van der Waals surface area contributed by atoms with Crippen molar-refractivity contribution in [2.75, 3.05) is 24.7 Å². The standard InChI is InChI=1S/C17H28O4S2/c1-13(2)15(18)20-9-7-11-22-17(5,6)23-12-8-10-21-16(19)14(3)4/h1,3,7-12H2,2,4-6H3. The normalized spacial score (nSPS) is 11.0. The number of hydrogen-bond donors (Lipinski definition) is 0. The van der Waals surface area contributed by atoms with Gasteiger partial charge in [0.15, 0.2) is 0 Å². The van der Waals surface area contributed by atoms with Gasteiger partial charge in [-0.2, -0.15) is 0 Å². The van der Waals surface area contributed by atoms with E-state index in [0.29, 0.717) is 24.4 Å². The summed E-state index contributed by atoms with van der Waals surface area (Å²) in [5.41, 5.74) is 0.863. The number of ether oxygens (including phenoxy) is 2. The van der Waals surface area contributed by atoms with Crippen molar-refractivity contribution in [1.29, 1.82) is 0 Å². The Hall–Kier alpha value is -0.880. The van der Waals surface area contributed by atoms with E-state index in [1.54, 1.807) is 13.8 Å². The van der Waals surface area contributed by atoms with Crippen LogP contribution in [-0.4, -0.2) is 40.7 Å². The summed E-state index contributed by atoms with van der Waals surface area (Å²) in [6.45, 7) is 15.6. The molecule has 0 aliphatic heterocycles. The predicted molar refractivity (Wildman–Crippen MR) is 99.8 cm³/mol. The van der Waals surface area contributed by atoms with E-state index in [0.717, 1.165) is 24.3 Å². The molecular formula is C17H28O4S2. The second-order valence-corrected chi connectivity index (χ2v) is 9.33. The van der Waals surface area contributed by atoms with Crippen LogP contribution in [0.3, 0.4) is 0 Å². The van der Waals surface area contributed by atoms with Crippen LogP contribution in [0.1, 0.15) is 40.5 Å². The molecule has 23 heavy (non-hydrogen) atoms. The average molecular weight is 361 g/mol. The molecule has 0 heterocycles. The molecule has 0 fully saturated rings. The summed E-state index contributed by atoms with van der Waals surface area (Å²) in [5.74, 6) is 1.20. The van der Waals surface area contributed by atoms with Crippen LogP contribution in [0.4, 0.5) is 0 Å². The van der Waals surface area contributed by atoms with Crippen LogP contribution in [0.25, 0.3) is 0 Å². The highest BCUT2D eigenvalue weighted by molar-refractivity contribution is 8.18. The highest BCUT2D eigenvalue weighted by atomic mass is 32.2. The molecule has 0 aromatic rings. The van der Waals surface area contributed by atoms with E-state index >= 15 is 0 Å². The summed E-state index contributed by atoms with van der Waals surface area (Å²) < 4.78 is 10.2. The van der Waals surface area contributed by atoms with Gasteiger partial charge in [-0.1, -0.05) is 13.2 Å². The van der Waals surface area contributed by atoms with Crippen molar-refractivity contribution in [1.82, 2.24) is 0 Å². The Morgan fingerprint density at radius 3 is 1.52 bits per heavy atom. The maximum atomic E-state index is 11.2. The van der Waals surface area contributed by atoms with Crippen LogP contribution in [0.2, 0.25) is 0 Å². The molecule has 4 nitrogen and oxygen atoms in total. The van der Waals surface area contributed by atoms with E-state index in [9.17, 15) is 9.59 Å². The highest BCUT2D eigenvalue weighted by Gasteiger charge is 2.18. The highest BCUT2D eigenvalue weighted by Crippen LogP contribution is 2.36. The van der Waals surface area contributed by atoms with Crippen LogP contribution in [-0.2, 0) is 19.1 Å². The van der Waals surface area contributed by atoms with Crippen LogP contribution in [0.15, 0.2) is 24.3 Å². The van der Waals surface area contributed by atoms with E-state index in [4.69, 9.17) is 9.47 Å². The van der Waals surface area contributed by atoms with Gasteiger partial charge in [-0.25, -0.2) is 9.59 Å². The van der Waals surface area contributed by atoms with Gasteiger partial charge in [0.25, 0.3) is 0 Å². The summed E-state index contributed by atoms with van der Waals surface area (Å²) in [6.07, 6.45) is 1.65. The number of carbonyl (C=O) groups excluding carboxylic acids is 2. The lowest BCUT2D eigenvalue weighted by Crippen LogP contribution is -2.13. The third-order valence-electron chi connectivity index (χ3n) is 2.64. The molecule has 0 aromatic carbocycles. The van der Waals surface area contributed by atoms with Crippen molar-refractivity contribution in [2.45, 2.75) is 44.6 Å². The predicted octanol–water partition coefficient (Wildman–Crippen LogP) is 4.21. The van der Waals surface area contributed by atoms with Crippen molar-refractivity contribution in [2.24, 2.45) is 0 Å². The maximum Gasteiger partial charge on any atom is 0.333 e. The molecule has 0 bridgehead atoms. The minimum absolute atomic E-state index is 0.0801. The molecule has 6 heteroatoms. The molecule has 0 amide bonds. The van der Waals surface area contributed by atoms with Crippen LogP contribution >= 0.6 is 23.5 Å². The lowest BCUT2D eigenvalue weighted by Gasteiger charge is -2.23. The smallest absolute Gasteiger partial charge is 0.333 e. The summed E-state index contributed by atoms with van der Waals surface area (Å²) in [6, 6.07) is 0. The van der Waals surface area contributed by atoms with E-state index in [2.05, 4.69) is 27.0 Å². The first-order valence-corrected chi connectivity index (χ1v) is 9.56. The molecule has 132 valence electrons. The Morgan fingerprint density at radius 2 is 1.22 bits per heavy atom. The van der Waals surface area contributed by atoms with Crippen molar-refractivity contribution in [3.8, 4) is 0 Å². The number of hydrogen-bond acceptors (Lipinski definition) is 6. The minimum Gasteiger partial charge on any atom is -0.462 e. The van der Waals surface area contributed by atoms with Gasteiger partial charge in [0.2, 0.25) is 0 Å². The quantitative estimate of drug-likeness (QED) is 0.225. The van der Waals surface area contributed by atoms with Gasteiger partial charge in [-0.05, 0) is 52.0 Å². The van der Waals surface area contributed by atoms with Crippen molar-refractivity contribution in [3.05, 3.63) is 24.3 Å². The number of thioether (sulfide) groups is 2. The molecular weight excluding hydrogens is 332 g/mol. The molecule has 0 N–H and O–H groups in total. The van der Waals surface area contributed by atoms with E-state index < -0.39 is 0 Å². The average Bonchev–Trinajstić information content (AvgIpc) is 2.45. The Labute approximate surface area is 148 Å². The fraction of sp³-hybridized carbons (Fsp3) is 0.647. The first-order valence-electron chi connectivity index (χ1n) is 7.59. The zero-order chi connectivity index (χ0) is 17.9. The number of carbonyl (C=O) groups is 2. The van der Waals surface area contributed by atoms with Crippen molar-refractivity contribution in [3.63, 3.8) is 0 Å². The lowest BCUT2D eigenvalue weighted by atomic mass is 10.4. The lowest BCUT2D eigenvalue weighted by molar-refractivity contribution is -0.139. The topological polar surface area (TPSA) is 52.6 Å². The third kappa shape index (κ3) is 12.2. The number of esters is 2. The molecule has 0 spiro atoms. The Kier molecular flexibility index (Phi) is 11.2. The van der Waals surface area contributed by atoms with Gasteiger partial charge in [0.05, 0.1) is 17.3 Å². The summed E-state index contributed by atoms with van der Waals surface area (Å²) in [5, 5.41) is 0. The Balaban J connectivity index is 3.68. The largest absolute Gasteiger partial charge is 0.462 e. The molecule has 0 saturated heterocycles. The molecule has 0 aliphatic carbocycles. The summed E-state index contributed by atoms with van der Waals surface area (Å²) >= 11 is 3.67. The second-order valence-electron chi connectivity index (χ2n) is 5.64. The van der Waals surface area contributed by atoms with Gasteiger partial charge < -0.3 is 9.47 Å². The molecule has 0 atom stereocenters. The van der Waals surface area contributed by atoms with Gasteiger partial charge >= 0.3 is 11.9 Å². The molecule has 0 radical (unpaired) electrons. The third-order valence-corrected chi connectivity index (χ3v) is 5.72. The fourth-order valence-electron chi connectivity index (χ4n) is 1.37. The molecule has 0 aliphatic rings. The zero-order valence-electron chi connectivity index (χ0n) is 14.6. The molecule has 0 unspecified atom stereocenters. The zero-order valence-corrected chi connectivity index (χ0v) is 16.2. The maximum absolute atomic E-state index is 11.2. The van der Waals surface area contributed by atoms with Gasteiger partial charge in [0.1, 0.15) is 0 Å². The minimum atomic E-state index is -0.326. The van der Waals surface area contributed by atoms with Crippen molar-refractivity contribution < 1.29 is 19.1 Å². The first kappa shape index (κ1) is 22.1. The van der Waals surface area contributed by atoms with E-state index in [1.807, 2.05) is 23.5 Å². The molecule has 0 rings (SSSR count). The van der Waals surface area contributed by atoms with E-state index in [-0.39, 0.29) is 16.0 Å². The van der Waals surface area contributed by atoms with Crippen molar-refractivity contribution >= 4 is 35.5 Å². The van der Waals surface area contributed by atoms with Crippen LogP contribution in [0.5, 0.6) is 0 Å². The summed E-state index contributed by atoms with van der Waals surface area (Å²) in [7, 11) is 0. The van der Waals surface area contributed by atoms with Gasteiger partial charge in [0, 0.05) is 11.1 Å². The monoisotopic (exact) mass is 360 g/mol. The molecule has 0 aromatic heterocycles. The Bertz CT molecular complexity index is 392.